The van der Waals surface area contributed by atoms with E-state index < -0.39 is 11.2 Å². The fraction of sp³-hybridized carbons (Fsp3) is 0.500. The highest BCUT2D eigenvalue weighted by Crippen LogP contribution is 2.38. The summed E-state index contributed by atoms with van der Waals surface area (Å²) in [6.45, 7) is 3.11. The van der Waals surface area contributed by atoms with Crippen molar-refractivity contribution in [2.24, 2.45) is 0 Å². The second-order valence-corrected chi connectivity index (χ2v) is 10.1. The number of aryl methyl sites for hydroxylation is 1. The van der Waals surface area contributed by atoms with E-state index in [1.54, 1.807) is 0 Å². The van der Waals surface area contributed by atoms with Crippen LogP contribution in [0, 0.1) is 12.3 Å². The molecule has 3 aliphatic rings. The molecule has 0 radical (unpaired) electrons. The SMILES string of the molecule is C#CC1(c2ccccc2)CCN(c2nc3c(c(NC4CCOCC4)n2)[S+]([O-])CC3)CC1. The summed E-state index contributed by atoms with van der Waals surface area (Å²) in [7, 11) is 0. The molecule has 5 rings (SSSR count). The Bertz CT molecular complexity index is 964. The van der Waals surface area contributed by atoms with Crippen molar-refractivity contribution < 1.29 is 9.29 Å². The van der Waals surface area contributed by atoms with E-state index in [2.05, 4.69) is 40.4 Å². The lowest BCUT2D eigenvalue weighted by Gasteiger charge is -2.39. The molecule has 162 valence electrons. The third kappa shape index (κ3) is 4.00. The molecule has 1 aromatic heterocycles. The third-order valence-electron chi connectivity index (χ3n) is 6.74. The van der Waals surface area contributed by atoms with Gasteiger partial charge < -0.3 is 19.5 Å². The highest BCUT2D eigenvalue weighted by atomic mass is 32.2. The maximum absolute atomic E-state index is 12.6. The number of fused-ring (bicyclic) bond motifs is 1. The van der Waals surface area contributed by atoms with Gasteiger partial charge in [0.25, 0.3) is 0 Å². The zero-order chi connectivity index (χ0) is 21.3. The van der Waals surface area contributed by atoms with Crippen LogP contribution in [0.2, 0.25) is 0 Å². The molecule has 1 aromatic carbocycles. The summed E-state index contributed by atoms with van der Waals surface area (Å²) in [6.07, 6.45) is 10.4. The number of aromatic nitrogens is 2. The highest BCUT2D eigenvalue weighted by molar-refractivity contribution is 7.91. The summed E-state index contributed by atoms with van der Waals surface area (Å²) in [6, 6.07) is 10.7. The second-order valence-electron chi connectivity index (χ2n) is 8.56. The molecule has 4 heterocycles. The molecule has 31 heavy (non-hydrogen) atoms. The molecule has 2 fully saturated rings. The molecule has 2 aromatic rings. The number of nitrogens with one attached hydrogen (secondary N) is 1. The van der Waals surface area contributed by atoms with Gasteiger partial charge in [-0.05, 0) is 42.4 Å². The summed E-state index contributed by atoms with van der Waals surface area (Å²) in [5.74, 6) is 5.19. The zero-order valence-electron chi connectivity index (χ0n) is 17.7. The minimum atomic E-state index is -1.03. The van der Waals surface area contributed by atoms with Crippen molar-refractivity contribution in [3.8, 4) is 12.3 Å². The van der Waals surface area contributed by atoms with Crippen LogP contribution in [0.5, 0.6) is 0 Å². The first-order valence-corrected chi connectivity index (χ1v) is 12.4. The Morgan fingerprint density at radius 2 is 1.90 bits per heavy atom. The smallest absolute Gasteiger partial charge is 0.227 e. The maximum Gasteiger partial charge on any atom is 0.227 e. The summed E-state index contributed by atoms with van der Waals surface area (Å²) in [5, 5.41) is 3.56. The van der Waals surface area contributed by atoms with Crippen LogP contribution in [0.3, 0.4) is 0 Å². The third-order valence-corrected chi connectivity index (χ3v) is 8.20. The van der Waals surface area contributed by atoms with Gasteiger partial charge in [0.15, 0.2) is 5.82 Å². The van der Waals surface area contributed by atoms with Crippen LogP contribution in [0.25, 0.3) is 0 Å². The average molecular weight is 437 g/mol. The number of nitrogens with zero attached hydrogens (tertiary/aromatic N) is 3. The molecule has 1 unspecified atom stereocenters. The predicted molar refractivity (Wildman–Crippen MR) is 123 cm³/mol. The monoisotopic (exact) mass is 436 g/mol. The maximum atomic E-state index is 12.6. The second kappa shape index (κ2) is 8.70. The number of hydrogen-bond acceptors (Lipinski definition) is 6. The highest BCUT2D eigenvalue weighted by Gasteiger charge is 2.37. The number of rotatable bonds is 4. The van der Waals surface area contributed by atoms with Gasteiger partial charge in [0.1, 0.15) is 11.4 Å². The number of benzene rings is 1. The first kappa shape index (κ1) is 20.6. The Morgan fingerprint density at radius 1 is 1.16 bits per heavy atom. The normalized spacial score (nSPS) is 23.2. The van der Waals surface area contributed by atoms with E-state index in [1.807, 2.05) is 6.07 Å². The predicted octanol–water partition coefficient (Wildman–Crippen LogP) is 2.90. The quantitative estimate of drug-likeness (QED) is 0.587. The molecule has 0 amide bonds. The molecule has 1 atom stereocenters. The Kier molecular flexibility index (Phi) is 5.79. The zero-order valence-corrected chi connectivity index (χ0v) is 18.5. The van der Waals surface area contributed by atoms with Gasteiger partial charge in [-0.2, -0.15) is 4.98 Å². The van der Waals surface area contributed by atoms with Crippen molar-refractivity contribution in [3.63, 3.8) is 0 Å². The fourth-order valence-electron chi connectivity index (χ4n) is 4.82. The van der Waals surface area contributed by atoms with E-state index in [1.165, 1.54) is 5.56 Å². The average Bonchev–Trinajstić information content (AvgIpc) is 3.21. The molecule has 2 saturated heterocycles. The number of piperidine rings is 1. The first-order valence-electron chi connectivity index (χ1n) is 11.1. The summed E-state index contributed by atoms with van der Waals surface area (Å²) in [4.78, 5) is 12.7. The van der Waals surface area contributed by atoms with E-state index in [-0.39, 0.29) is 5.41 Å². The van der Waals surface area contributed by atoms with Crippen LogP contribution in [0.15, 0.2) is 35.2 Å². The van der Waals surface area contributed by atoms with Crippen molar-refractivity contribution >= 4 is 22.9 Å². The largest absolute Gasteiger partial charge is 0.611 e. The Balaban J connectivity index is 1.38. The number of anilines is 2. The number of terminal acetylenes is 1. The number of hydrogen-bond donors (Lipinski definition) is 1. The molecule has 0 saturated carbocycles. The van der Waals surface area contributed by atoms with Crippen LogP contribution in [0.1, 0.15) is 36.9 Å². The minimum absolute atomic E-state index is 0.237. The Hall–Kier alpha value is -2.27. The van der Waals surface area contributed by atoms with Gasteiger partial charge in [0.2, 0.25) is 10.8 Å². The van der Waals surface area contributed by atoms with Crippen LogP contribution in [-0.2, 0) is 27.7 Å². The van der Waals surface area contributed by atoms with Gasteiger partial charge >= 0.3 is 0 Å². The molecule has 6 nitrogen and oxygen atoms in total. The lowest BCUT2D eigenvalue weighted by Crippen LogP contribution is -2.43. The van der Waals surface area contributed by atoms with Crippen LogP contribution >= 0.6 is 0 Å². The molecule has 0 aliphatic carbocycles. The van der Waals surface area contributed by atoms with Crippen LogP contribution in [-0.4, -0.2) is 52.6 Å². The van der Waals surface area contributed by atoms with Crippen LogP contribution in [0.4, 0.5) is 11.8 Å². The van der Waals surface area contributed by atoms with E-state index in [0.29, 0.717) is 11.8 Å². The van der Waals surface area contributed by atoms with Gasteiger partial charge in [-0.15, -0.1) is 6.42 Å². The van der Waals surface area contributed by atoms with E-state index in [9.17, 15) is 4.55 Å². The molecule has 0 bridgehead atoms. The minimum Gasteiger partial charge on any atom is -0.611 e. The van der Waals surface area contributed by atoms with Crippen molar-refractivity contribution in [1.29, 1.82) is 0 Å². The Labute approximate surface area is 187 Å². The van der Waals surface area contributed by atoms with E-state index in [0.717, 1.165) is 80.8 Å². The van der Waals surface area contributed by atoms with Gasteiger partial charge in [-0.3, -0.25) is 0 Å². The van der Waals surface area contributed by atoms with Crippen LogP contribution < -0.4 is 10.2 Å². The molecule has 3 aliphatic heterocycles. The topological polar surface area (TPSA) is 73.3 Å². The van der Waals surface area contributed by atoms with Crippen molar-refractivity contribution in [2.75, 3.05) is 42.3 Å². The fourth-order valence-corrected chi connectivity index (χ4v) is 6.13. The lowest BCUT2D eigenvalue weighted by atomic mass is 9.73. The van der Waals surface area contributed by atoms with E-state index in [4.69, 9.17) is 21.1 Å². The lowest BCUT2D eigenvalue weighted by molar-refractivity contribution is 0.0903. The number of ether oxygens (including phenoxy) is 1. The van der Waals surface area contributed by atoms with Gasteiger partial charge in [-0.25, -0.2) is 4.98 Å². The summed E-state index contributed by atoms with van der Waals surface area (Å²) >= 11 is -1.03. The van der Waals surface area contributed by atoms with Crippen molar-refractivity contribution in [2.45, 2.75) is 48.5 Å². The van der Waals surface area contributed by atoms with Gasteiger partial charge in [-0.1, -0.05) is 36.3 Å². The summed E-state index contributed by atoms with van der Waals surface area (Å²) in [5.41, 5.74) is 1.90. The molecule has 7 heteroatoms. The van der Waals surface area contributed by atoms with Gasteiger partial charge in [0.05, 0.1) is 5.41 Å². The Morgan fingerprint density at radius 3 is 2.61 bits per heavy atom. The molecular weight excluding hydrogens is 408 g/mol. The molecular formula is C24H28N4O2S. The molecule has 1 N–H and O–H groups in total. The van der Waals surface area contributed by atoms with E-state index >= 15 is 0 Å². The molecule has 0 spiro atoms. The standard InChI is InChI=1S/C24H28N4O2S/c1-2-24(18-6-4-3-5-7-18)11-13-28(14-12-24)23-26-20-10-17-31(29)21(20)22(27-23)25-19-8-15-30-16-9-19/h1,3-7,19H,8-17H2,(H,25,26,27). The van der Waals surface area contributed by atoms with Crippen molar-refractivity contribution in [1.82, 2.24) is 9.97 Å². The van der Waals surface area contributed by atoms with Crippen molar-refractivity contribution in [3.05, 3.63) is 41.6 Å². The summed E-state index contributed by atoms with van der Waals surface area (Å²) < 4.78 is 18.1. The first-order chi connectivity index (χ1) is 15.2. The van der Waals surface area contributed by atoms with Gasteiger partial charge in [0, 0.05) is 38.8 Å².